The summed E-state index contributed by atoms with van der Waals surface area (Å²) in [5.74, 6) is 0.0238. The van der Waals surface area contributed by atoms with Gasteiger partial charge in [0.1, 0.15) is 0 Å². The summed E-state index contributed by atoms with van der Waals surface area (Å²) in [7, 11) is 0. The van der Waals surface area contributed by atoms with Crippen molar-refractivity contribution < 1.29 is 4.79 Å². The third kappa shape index (κ3) is 3.23. The van der Waals surface area contributed by atoms with Gasteiger partial charge in [-0.2, -0.15) is 0 Å². The van der Waals surface area contributed by atoms with Gasteiger partial charge >= 0.3 is 0 Å². The molecule has 1 aromatic carbocycles. The summed E-state index contributed by atoms with van der Waals surface area (Å²) >= 11 is 0. The molecular weight excluding hydrogens is 198 g/mol. The van der Waals surface area contributed by atoms with Crippen LogP contribution in [0.15, 0.2) is 36.4 Å². The van der Waals surface area contributed by atoms with Gasteiger partial charge in [0.25, 0.3) is 0 Å². The second-order valence-electron chi connectivity index (χ2n) is 4.23. The summed E-state index contributed by atoms with van der Waals surface area (Å²) < 4.78 is 0. The van der Waals surface area contributed by atoms with Gasteiger partial charge in [-0.05, 0) is 24.5 Å². The average Bonchev–Trinajstić information content (AvgIpc) is 2.81. The van der Waals surface area contributed by atoms with E-state index in [1.807, 2.05) is 36.4 Å². The number of carbonyl (C=O) groups is 1. The third-order valence-corrected chi connectivity index (χ3v) is 2.93. The first-order chi connectivity index (χ1) is 7.84. The van der Waals surface area contributed by atoms with Gasteiger partial charge in [0.05, 0.1) is 0 Å². The van der Waals surface area contributed by atoms with E-state index in [2.05, 4.69) is 5.32 Å². The highest BCUT2D eigenvalue weighted by molar-refractivity contribution is 5.91. The summed E-state index contributed by atoms with van der Waals surface area (Å²) in [6.45, 7) is 0. The lowest BCUT2D eigenvalue weighted by molar-refractivity contribution is -0.117. The molecule has 1 saturated carbocycles. The van der Waals surface area contributed by atoms with E-state index < -0.39 is 0 Å². The van der Waals surface area contributed by atoms with Crippen LogP contribution in [0.4, 0.5) is 0 Å². The molecule has 84 valence electrons. The summed E-state index contributed by atoms with van der Waals surface area (Å²) in [6, 6.07) is 10.3. The number of nitrogens with one attached hydrogen (secondary N) is 1. The predicted octanol–water partition coefficient (Wildman–Crippen LogP) is 2.76. The lowest BCUT2D eigenvalue weighted by Gasteiger charge is -2.08. The van der Waals surface area contributed by atoms with Crippen molar-refractivity contribution in [1.29, 1.82) is 0 Å². The van der Waals surface area contributed by atoms with Crippen LogP contribution in [-0.4, -0.2) is 11.9 Å². The normalized spacial score (nSPS) is 16.8. The molecule has 1 N–H and O–H groups in total. The largest absolute Gasteiger partial charge is 0.350 e. The standard InChI is InChI=1S/C14H17NO/c16-14(15-13-8-4-5-9-13)11-10-12-6-2-1-3-7-12/h1-3,6-7,10-11,13H,4-5,8-9H2,(H,15,16). The second kappa shape index (κ2) is 5.50. The maximum Gasteiger partial charge on any atom is 0.244 e. The van der Waals surface area contributed by atoms with Crippen molar-refractivity contribution in [3.05, 3.63) is 42.0 Å². The van der Waals surface area contributed by atoms with Crippen LogP contribution >= 0.6 is 0 Å². The minimum absolute atomic E-state index is 0.0238. The van der Waals surface area contributed by atoms with Crippen LogP contribution in [0, 0.1) is 0 Å². The van der Waals surface area contributed by atoms with Crippen molar-refractivity contribution in [3.63, 3.8) is 0 Å². The molecular formula is C14H17NO. The molecule has 1 aromatic rings. The monoisotopic (exact) mass is 215 g/mol. The number of amides is 1. The Morgan fingerprint density at radius 3 is 2.56 bits per heavy atom. The van der Waals surface area contributed by atoms with Crippen LogP contribution < -0.4 is 5.32 Å². The predicted molar refractivity (Wildman–Crippen MR) is 65.9 cm³/mol. The zero-order chi connectivity index (χ0) is 11.2. The molecule has 16 heavy (non-hydrogen) atoms. The highest BCUT2D eigenvalue weighted by Gasteiger charge is 2.15. The Balaban J connectivity index is 1.84. The first kappa shape index (κ1) is 10.9. The van der Waals surface area contributed by atoms with Gasteiger partial charge in [0.2, 0.25) is 5.91 Å². The van der Waals surface area contributed by atoms with Crippen molar-refractivity contribution in [2.45, 2.75) is 31.7 Å². The van der Waals surface area contributed by atoms with Gasteiger partial charge in [-0.1, -0.05) is 43.2 Å². The van der Waals surface area contributed by atoms with Crippen LogP contribution in [0.1, 0.15) is 31.2 Å². The van der Waals surface area contributed by atoms with E-state index in [4.69, 9.17) is 0 Å². The maximum absolute atomic E-state index is 11.6. The minimum atomic E-state index is 0.0238. The molecule has 1 fully saturated rings. The van der Waals surface area contributed by atoms with Gasteiger partial charge in [-0.15, -0.1) is 0 Å². The Labute approximate surface area is 96.4 Å². The molecule has 0 saturated heterocycles. The van der Waals surface area contributed by atoms with E-state index >= 15 is 0 Å². The van der Waals surface area contributed by atoms with Crippen molar-refractivity contribution in [1.82, 2.24) is 5.32 Å². The summed E-state index contributed by atoms with van der Waals surface area (Å²) in [5, 5.41) is 3.02. The number of benzene rings is 1. The summed E-state index contributed by atoms with van der Waals surface area (Å²) in [5.41, 5.74) is 1.06. The highest BCUT2D eigenvalue weighted by atomic mass is 16.1. The van der Waals surface area contributed by atoms with Crippen LogP contribution in [0.5, 0.6) is 0 Å². The van der Waals surface area contributed by atoms with Gasteiger partial charge in [0, 0.05) is 12.1 Å². The van der Waals surface area contributed by atoms with Crippen LogP contribution in [0.2, 0.25) is 0 Å². The van der Waals surface area contributed by atoms with E-state index in [1.165, 1.54) is 12.8 Å². The Hall–Kier alpha value is -1.57. The highest BCUT2D eigenvalue weighted by Crippen LogP contribution is 2.17. The Morgan fingerprint density at radius 2 is 1.88 bits per heavy atom. The van der Waals surface area contributed by atoms with E-state index in [0.717, 1.165) is 18.4 Å². The van der Waals surface area contributed by atoms with E-state index in [0.29, 0.717) is 6.04 Å². The fourth-order valence-corrected chi connectivity index (χ4v) is 2.06. The smallest absolute Gasteiger partial charge is 0.244 e. The van der Waals surface area contributed by atoms with Crippen LogP contribution in [0.3, 0.4) is 0 Å². The molecule has 1 aliphatic rings. The molecule has 0 bridgehead atoms. The molecule has 0 aliphatic heterocycles. The molecule has 0 radical (unpaired) electrons. The van der Waals surface area contributed by atoms with Gasteiger partial charge in [0.15, 0.2) is 0 Å². The number of hydrogen-bond acceptors (Lipinski definition) is 1. The fraction of sp³-hybridized carbons (Fsp3) is 0.357. The second-order valence-corrected chi connectivity index (χ2v) is 4.23. The first-order valence-corrected chi connectivity index (χ1v) is 5.88. The Kier molecular flexibility index (Phi) is 3.76. The Bertz CT molecular complexity index is 364. The Morgan fingerprint density at radius 1 is 1.19 bits per heavy atom. The molecule has 0 atom stereocenters. The molecule has 0 unspecified atom stereocenters. The number of hydrogen-bond donors (Lipinski definition) is 1. The molecule has 0 heterocycles. The third-order valence-electron chi connectivity index (χ3n) is 2.93. The lowest BCUT2D eigenvalue weighted by atomic mass is 10.2. The zero-order valence-corrected chi connectivity index (χ0v) is 9.36. The first-order valence-electron chi connectivity index (χ1n) is 5.88. The van der Waals surface area contributed by atoms with Gasteiger partial charge in [-0.3, -0.25) is 4.79 Å². The quantitative estimate of drug-likeness (QED) is 0.772. The van der Waals surface area contributed by atoms with Crippen molar-refractivity contribution in [3.8, 4) is 0 Å². The molecule has 0 aromatic heterocycles. The van der Waals surface area contributed by atoms with E-state index in [9.17, 15) is 4.79 Å². The molecule has 2 rings (SSSR count). The lowest BCUT2D eigenvalue weighted by Crippen LogP contribution is -2.30. The van der Waals surface area contributed by atoms with Crippen molar-refractivity contribution in [2.24, 2.45) is 0 Å². The maximum atomic E-state index is 11.6. The molecule has 0 spiro atoms. The SMILES string of the molecule is O=C(C=Cc1ccccc1)NC1CCCC1. The zero-order valence-electron chi connectivity index (χ0n) is 9.36. The summed E-state index contributed by atoms with van der Waals surface area (Å²) in [6.07, 6.45) is 8.22. The van der Waals surface area contributed by atoms with E-state index in [-0.39, 0.29) is 5.91 Å². The van der Waals surface area contributed by atoms with Gasteiger partial charge in [-0.25, -0.2) is 0 Å². The topological polar surface area (TPSA) is 29.1 Å². The molecule has 2 nitrogen and oxygen atoms in total. The molecule has 1 amide bonds. The molecule has 2 heteroatoms. The number of carbonyl (C=O) groups excluding carboxylic acids is 1. The fourth-order valence-electron chi connectivity index (χ4n) is 2.06. The molecule has 1 aliphatic carbocycles. The average molecular weight is 215 g/mol. The van der Waals surface area contributed by atoms with Crippen LogP contribution in [0.25, 0.3) is 6.08 Å². The van der Waals surface area contributed by atoms with Crippen LogP contribution in [-0.2, 0) is 4.79 Å². The van der Waals surface area contributed by atoms with Crippen molar-refractivity contribution in [2.75, 3.05) is 0 Å². The minimum Gasteiger partial charge on any atom is -0.350 e. The summed E-state index contributed by atoms with van der Waals surface area (Å²) in [4.78, 5) is 11.6. The van der Waals surface area contributed by atoms with Crippen molar-refractivity contribution >= 4 is 12.0 Å². The van der Waals surface area contributed by atoms with E-state index in [1.54, 1.807) is 6.08 Å². The number of rotatable bonds is 3. The van der Waals surface area contributed by atoms with Gasteiger partial charge < -0.3 is 5.32 Å².